The third kappa shape index (κ3) is 3.68. The van der Waals surface area contributed by atoms with E-state index in [-0.39, 0.29) is 5.75 Å². The highest BCUT2D eigenvalue weighted by Gasteiger charge is 2.13. The first kappa shape index (κ1) is 12.3. The van der Waals surface area contributed by atoms with Crippen molar-refractivity contribution in [1.82, 2.24) is 10.3 Å². The summed E-state index contributed by atoms with van der Waals surface area (Å²) in [6.07, 6.45) is 2.25. The van der Waals surface area contributed by atoms with Crippen molar-refractivity contribution in [2.45, 2.75) is 26.3 Å². The average molecular weight is 236 g/mol. The number of hydrogen-bond acceptors (Lipinski definition) is 4. The highest BCUT2D eigenvalue weighted by molar-refractivity contribution is 5.27. The highest BCUT2D eigenvalue weighted by Crippen LogP contribution is 2.16. The van der Waals surface area contributed by atoms with E-state index in [4.69, 9.17) is 4.74 Å². The summed E-state index contributed by atoms with van der Waals surface area (Å²) in [5.41, 5.74) is 1.67. The van der Waals surface area contributed by atoms with Gasteiger partial charge in [0.2, 0.25) is 0 Å². The topological polar surface area (TPSA) is 54.4 Å². The van der Waals surface area contributed by atoms with Gasteiger partial charge in [-0.15, -0.1) is 0 Å². The van der Waals surface area contributed by atoms with Gasteiger partial charge in [-0.2, -0.15) is 0 Å². The molecule has 0 aromatic carbocycles. The maximum Gasteiger partial charge on any atom is 0.138 e. The Morgan fingerprint density at radius 3 is 2.94 bits per heavy atom. The van der Waals surface area contributed by atoms with Gasteiger partial charge in [0.05, 0.1) is 5.69 Å². The minimum atomic E-state index is 0.273. The lowest BCUT2D eigenvalue weighted by Gasteiger charge is -2.22. The molecule has 1 saturated heterocycles. The van der Waals surface area contributed by atoms with E-state index in [1.54, 1.807) is 6.07 Å². The lowest BCUT2D eigenvalue weighted by molar-refractivity contribution is 0.0662. The first-order valence-corrected chi connectivity index (χ1v) is 6.19. The van der Waals surface area contributed by atoms with E-state index in [9.17, 15) is 5.11 Å². The molecule has 0 radical (unpaired) electrons. The Bertz CT molecular complexity index is 362. The third-order valence-corrected chi connectivity index (χ3v) is 3.16. The fourth-order valence-corrected chi connectivity index (χ4v) is 2.08. The van der Waals surface area contributed by atoms with Gasteiger partial charge in [-0.05, 0) is 44.4 Å². The fraction of sp³-hybridized carbons (Fsp3) is 0.615. The van der Waals surface area contributed by atoms with Crippen LogP contribution < -0.4 is 5.32 Å². The third-order valence-electron chi connectivity index (χ3n) is 3.16. The number of aryl methyl sites for hydroxylation is 1. The van der Waals surface area contributed by atoms with Crippen LogP contribution in [0.4, 0.5) is 0 Å². The number of pyridine rings is 1. The van der Waals surface area contributed by atoms with E-state index in [2.05, 4.69) is 10.3 Å². The quantitative estimate of drug-likeness (QED) is 0.834. The largest absolute Gasteiger partial charge is 0.506 e. The first-order chi connectivity index (χ1) is 8.25. The van der Waals surface area contributed by atoms with Crippen LogP contribution in [-0.4, -0.2) is 29.8 Å². The maximum absolute atomic E-state index is 9.65. The van der Waals surface area contributed by atoms with Gasteiger partial charge in [0.15, 0.2) is 0 Å². The second kappa shape index (κ2) is 5.98. The van der Waals surface area contributed by atoms with Crippen LogP contribution in [-0.2, 0) is 11.3 Å². The summed E-state index contributed by atoms with van der Waals surface area (Å²) in [6, 6.07) is 3.52. The molecule has 94 valence electrons. The van der Waals surface area contributed by atoms with E-state index >= 15 is 0 Å². The number of nitrogens with one attached hydrogen (secondary N) is 1. The molecular formula is C13H20N2O2. The molecule has 1 aromatic rings. The van der Waals surface area contributed by atoms with Crippen molar-refractivity contribution < 1.29 is 9.84 Å². The predicted octanol–water partition coefficient (Wildman–Crippen LogP) is 1.61. The smallest absolute Gasteiger partial charge is 0.138 e. The van der Waals surface area contributed by atoms with Crippen LogP contribution in [0.2, 0.25) is 0 Å². The second-order valence-electron chi connectivity index (χ2n) is 4.61. The molecule has 0 spiro atoms. The van der Waals surface area contributed by atoms with E-state index < -0.39 is 0 Å². The van der Waals surface area contributed by atoms with Crippen molar-refractivity contribution in [2.75, 3.05) is 19.8 Å². The standard InChI is InChI=1S/C13H20N2O2/c1-10-2-3-13(16)12(15-10)9-14-8-11-4-6-17-7-5-11/h2-3,11,14,16H,4-9H2,1H3. The van der Waals surface area contributed by atoms with Gasteiger partial charge >= 0.3 is 0 Å². The van der Waals surface area contributed by atoms with Gasteiger partial charge in [0, 0.05) is 25.5 Å². The molecule has 0 atom stereocenters. The lowest BCUT2D eigenvalue weighted by atomic mass is 10.0. The van der Waals surface area contributed by atoms with E-state index in [1.165, 1.54) is 0 Å². The maximum atomic E-state index is 9.65. The van der Waals surface area contributed by atoms with Gasteiger partial charge in [-0.25, -0.2) is 0 Å². The molecule has 17 heavy (non-hydrogen) atoms. The number of nitrogens with zero attached hydrogens (tertiary/aromatic N) is 1. The molecule has 0 amide bonds. The molecule has 2 rings (SSSR count). The fourth-order valence-electron chi connectivity index (χ4n) is 2.08. The molecular weight excluding hydrogens is 216 g/mol. The zero-order valence-electron chi connectivity index (χ0n) is 10.3. The summed E-state index contributed by atoms with van der Waals surface area (Å²) < 4.78 is 5.32. The number of rotatable bonds is 4. The Hall–Kier alpha value is -1.13. The molecule has 4 nitrogen and oxygen atoms in total. The summed E-state index contributed by atoms with van der Waals surface area (Å²) >= 11 is 0. The summed E-state index contributed by atoms with van der Waals surface area (Å²) in [7, 11) is 0. The van der Waals surface area contributed by atoms with Crippen LogP contribution in [0.15, 0.2) is 12.1 Å². The molecule has 0 aliphatic carbocycles. The average Bonchev–Trinajstić information content (AvgIpc) is 2.35. The van der Waals surface area contributed by atoms with Crippen LogP contribution >= 0.6 is 0 Å². The van der Waals surface area contributed by atoms with Crippen LogP contribution in [0.3, 0.4) is 0 Å². The number of aromatic hydroxyl groups is 1. The number of hydrogen-bond donors (Lipinski definition) is 2. The van der Waals surface area contributed by atoms with Crippen molar-refractivity contribution in [3.05, 3.63) is 23.5 Å². The van der Waals surface area contributed by atoms with Crippen LogP contribution in [0.1, 0.15) is 24.2 Å². The molecule has 1 aliphatic heterocycles. The normalized spacial score (nSPS) is 17.2. The summed E-state index contributed by atoms with van der Waals surface area (Å²) in [6.45, 7) is 5.28. The van der Waals surface area contributed by atoms with E-state index in [0.717, 1.165) is 44.0 Å². The van der Waals surface area contributed by atoms with Crippen molar-refractivity contribution in [2.24, 2.45) is 5.92 Å². The van der Waals surface area contributed by atoms with Gasteiger partial charge in [0.1, 0.15) is 5.75 Å². The second-order valence-corrected chi connectivity index (χ2v) is 4.61. The van der Waals surface area contributed by atoms with Crippen molar-refractivity contribution in [3.63, 3.8) is 0 Å². The number of aromatic nitrogens is 1. The monoisotopic (exact) mass is 236 g/mol. The Labute approximate surface area is 102 Å². The summed E-state index contributed by atoms with van der Waals surface area (Å²) in [4.78, 5) is 4.32. The Kier molecular flexibility index (Phi) is 4.34. The van der Waals surface area contributed by atoms with E-state index in [1.807, 2.05) is 13.0 Å². The summed E-state index contributed by atoms with van der Waals surface area (Å²) in [5, 5.41) is 13.0. The molecule has 0 bridgehead atoms. The van der Waals surface area contributed by atoms with Gasteiger partial charge in [-0.3, -0.25) is 4.98 Å². The summed E-state index contributed by atoms with van der Waals surface area (Å²) in [5.74, 6) is 0.964. The molecule has 1 aromatic heterocycles. The van der Waals surface area contributed by atoms with E-state index in [0.29, 0.717) is 12.5 Å². The number of ether oxygens (including phenoxy) is 1. The van der Waals surface area contributed by atoms with Gasteiger partial charge in [0.25, 0.3) is 0 Å². The molecule has 4 heteroatoms. The SMILES string of the molecule is Cc1ccc(O)c(CNCC2CCOCC2)n1. The first-order valence-electron chi connectivity index (χ1n) is 6.19. The minimum Gasteiger partial charge on any atom is -0.506 e. The lowest BCUT2D eigenvalue weighted by Crippen LogP contribution is -2.27. The Morgan fingerprint density at radius 2 is 2.18 bits per heavy atom. The molecule has 0 saturated carbocycles. The Balaban J connectivity index is 1.79. The van der Waals surface area contributed by atoms with Gasteiger partial charge < -0.3 is 15.2 Å². The minimum absolute atomic E-state index is 0.273. The molecule has 0 unspecified atom stereocenters. The van der Waals surface area contributed by atoms with Crippen LogP contribution in [0, 0.1) is 12.8 Å². The molecule has 2 N–H and O–H groups in total. The van der Waals surface area contributed by atoms with Crippen LogP contribution in [0.5, 0.6) is 5.75 Å². The van der Waals surface area contributed by atoms with Gasteiger partial charge in [-0.1, -0.05) is 0 Å². The zero-order valence-corrected chi connectivity index (χ0v) is 10.3. The molecule has 1 fully saturated rings. The highest BCUT2D eigenvalue weighted by atomic mass is 16.5. The Morgan fingerprint density at radius 1 is 1.41 bits per heavy atom. The van der Waals surface area contributed by atoms with Crippen molar-refractivity contribution in [1.29, 1.82) is 0 Å². The molecule has 2 heterocycles. The van der Waals surface area contributed by atoms with Crippen LogP contribution in [0.25, 0.3) is 0 Å². The predicted molar refractivity (Wildman–Crippen MR) is 65.9 cm³/mol. The van der Waals surface area contributed by atoms with Crippen molar-refractivity contribution in [3.8, 4) is 5.75 Å². The zero-order chi connectivity index (χ0) is 12.1. The molecule has 1 aliphatic rings. The van der Waals surface area contributed by atoms with Crippen molar-refractivity contribution >= 4 is 0 Å².